The van der Waals surface area contributed by atoms with Crippen LogP contribution in [0.4, 0.5) is 16.2 Å². The Hall–Kier alpha value is -2.17. The SMILES string of the molecule is [N-]=[N+]=NCC[C](=[W])OC(=O)[N-]c1ccc2c(c1)NC(=O)CC2. The van der Waals surface area contributed by atoms with Gasteiger partial charge in [-0.1, -0.05) is 0 Å². The van der Waals surface area contributed by atoms with E-state index < -0.39 is 6.09 Å². The van der Waals surface area contributed by atoms with Gasteiger partial charge in [0.05, 0.1) is 0 Å². The van der Waals surface area contributed by atoms with Crippen LogP contribution in [0.15, 0.2) is 23.3 Å². The van der Waals surface area contributed by atoms with E-state index in [-0.39, 0.29) is 12.5 Å². The summed E-state index contributed by atoms with van der Waals surface area (Å²) in [6.45, 7) is 0.244. The molecular weight excluding hydrogens is 458 g/mol. The predicted octanol–water partition coefficient (Wildman–Crippen LogP) is 3.09. The number of nitrogens with zero attached hydrogens (tertiary/aromatic N) is 4. The second-order valence-electron chi connectivity index (χ2n) is 4.45. The van der Waals surface area contributed by atoms with Crippen LogP contribution in [0.1, 0.15) is 18.4 Å². The van der Waals surface area contributed by atoms with E-state index in [2.05, 4.69) is 20.7 Å². The number of carbonyl (C=O) groups is 2. The molecule has 0 fully saturated rings. The second kappa shape index (κ2) is 7.73. The van der Waals surface area contributed by atoms with Gasteiger partial charge in [-0.3, -0.25) is 0 Å². The van der Waals surface area contributed by atoms with Crippen molar-refractivity contribution in [3.8, 4) is 0 Å². The molecule has 0 saturated heterocycles. The third-order valence-electron chi connectivity index (χ3n) is 2.89. The Morgan fingerprint density at radius 1 is 1.50 bits per heavy atom. The molecule has 0 radical (unpaired) electrons. The van der Waals surface area contributed by atoms with Crippen molar-refractivity contribution in [1.29, 1.82) is 0 Å². The van der Waals surface area contributed by atoms with Crippen LogP contribution in [0.25, 0.3) is 15.8 Å². The molecule has 2 amide bonds. The first-order chi connectivity index (χ1) is 10.6. The van der Waals surface area contributed by atoms with Crippen LogP contribution in [0.5, 0.6) is 0 Å². The Morgan fingerprint density at radius 3 is 3.09 bits per heavy atom. The second-order valence-corrected chi connectivity index (χ2v) is 6.08. The van der Waals surface area contributed by atoms with Crippen LogP contribution in [0.2, 0.25) is 0 Å². The fraction of sp³-hybridized carbons (Fsp3) is 0.308. The number of hydrogen-bond acceptors (Lipinski definition) is 4. The Kier molecular flexibility index (Phi) is 5.69. The maximum atomic E-state index is 11.7. The summed E-state index contributed by atoms with van der Waals surface area (Å²) in [6.07, 6.45) is 0.809. The van der Waals surface area contributed by atoms with E-state index in [9.17, 15) is 9.59 Å². The molecule has 0 aliphatic carbocycles. The van der Waals surface area contributed by atoms with E-state index in [0.717, 1.165) is 24.9 Å². The van der Waals surface area contributed by atoms with Gasteiger partial charge in [-0.25, -0.2) is 0 Å². The molecule has 9 heteroatoms. The maximum absolute atomic E-state index is 11.7. The molecule has 1 N–H and O–H groups in total. The molecule has 1 heterocycles. The molecule has 114 valence electrons. The number of carbonyl (C=O) groups excluding carboxylic acids is 2. The van der Waals surface area contributed by atoms with Gasteiger partial charge in [-0.05, 0) is 0 Å². The van der Waals surface area contributed by atoms with Gasteiger partial charge < -0.3 is 0 Å². The van der Waals surface area contributed by atoms with Gasteiger partial charge in [0.25, 0.3) is 0 Å². The average molecular weight is 470 g/mol. The zero-order chi connectivity index (χ0) is 15.9. The summed E-state index contributed by atoms with van der Waals surface area (Å²) >= 11 is 0.976. The van der Waals surface area contributed by atoms with Crippen molar-refractivity contribution in [1.82, 2.24) is 0 Å². The average Bonchev–Trinajstić information content (AvgIpc) is 2.46. The Bertz CT molecular complexity index is 670. The van der Waals surface area contributed by atoms with E-state index >= 15 is 0 Å². The minimum absolute atomic E-state index is 0.0435. The predicted molar refractivity (Wildman–Crippen MR) is 76.5 cm³/mol. The first-order valence-corrected chi connectivity index (χ1v) is 7.95. The molecule has 0 bridgehead atoms. The Balaban J connectivity index is 1.91. The Morgan fingerprint density at radius 2 is 2.32 bits per heavy atom. The molecule has 1 aliphatic heterocycles. The van der Waals surface area contributed by atoms with E-state index in [1.54, 1.807) is 12.1 Å². The molecule has 0 spiro atoms. The number of aryl methyl sites for hydroxylation is 1. The van der Waals surface area contributed by atoms with Crippen molar-refractivity contribution in [3.63, 3.8) is 0 Å². The van der Waals surface area contributed by atoms with Gasteiger partial charge in [0.1, 0.15) is 0 Å². The quantitative estimate of drug-likeness (QED) is 0.405. The molecule has 1 aromatic carbocycles. The molecule has 0 saturated carbocycles. The first-order valence-electron chi connectivity index (χ1n) is 6.48. The molecule has 0 atom stereocenters. The Labute approximate surface area is 137 Å². The topological polar surface area (TPSA) is 118 Å². The van der Waals surface area contributed by atoms with Gasteiger partial charge in [0.2, 0.25) is 0 Å². The minimum atomic E-state index is -0.729. The summed E-state index contributed by atoms with van der Waals surface area (Å²) < 4.78 is 5.55. The normalized spacial score (nSPS) is 12.5. The van der Waals surface area contributed by atoms with E-state index in [4.69, 9.17) is 10.3 Å². The van der Waals surface area contributed by atoms with Crippen molar-refractivity contribution < 1.29 is 33.7 Å². The van der Waals surface area contributed by atoms with Gasteiger partial charge in [0.15, 0.2) is 0 Å². The molecule has 1 aromatic rings. The fourth-order valence-corrected chi connectivity index (χ4v) is 2.48. The van der Waals surface area contributed by atoms with Gasteiger partial charge >= 0.3 is 137 Å². The molecule has 8 nitrogen and oxygen atoms in total. The molecule has 22 heavy (non-hydrogen) atoms. The van der Waals surface area contributed by atoms with Gasteiger partial charge in [0, 0.05) is 0 Å². The van der Waals surface area contributed by atoms with Crippen molar-refractivity contribution in [2.45, 2.75) is 19.3 Å². The number of benzene rings is 1. The zero-order valence-corrected chi connectivity index (χ0v) is 14.4. The molecule has 2 rings (SSSR count). The van der Waals surface area contributed by atoms with Crippen LogP contribution in [0.3, 0.4) is 0 Å². The number of hydrogen-bond donors (Lipinski definition) is 1. The fourth-order valence-electron chi connectivity index (χ4n) is 1.89. The summed E-state index contributed by atoms with van der Waals surface area (Å²) in [5, 5.41) is 9.96. The van der Waals surface area contributed by atoms with Crippen molar-refractivity contribution >= 4 is 27.5 Å². The van der Waals surface area contributed by atoms with Crippen molar-refractivity contribution in [3.05, 3.63) is 39.5 Å². The summed E-state index contributed by atoms with van der Waals surface area (Å²) in [4.78, 5) is 25.7. The first kappa shape index (κ1) is 16.2. The van der Waals surface area contributed by atoms with Crippen molar-refractivity contribution in [2.75, 3.05) is 11.9 Å². The molecular formula is C13H12N5O3W-. The monoisotopic (exact) mass is 470 g/mol. The number of fused-ring (bicyclic) bond motifs is 1. The summed E-state index contributed by atoms with van der Waals surface area (Å²) in [5.74, 6) is -0.0435. The van der Waals surface area contributed by atoms with Gasteiger partial charge in [-0.15, -0.1) is 0 Å². The summed E-state index contributed by atoms with van der Waals surface area (Å²) in [5.41, 5.74) is 10.3. The number of amides is 2. The number of rotatable bonds is 5. The third-order valence-corrected chi connectivity index (χ3v) is 3.92. The standard InChI is InChI=1S/C13H13N5O3.W/c14-18-15-6-1-7-21-13(20)16-10-4-2-9-3-5-12(19)17-11(9)8-10;/h2,4,8H,1,3,5-6H2,(H2,16,17,19,20);/p-1. The van der Waals surface area contributed by atoms with E-state index in [1.165, 1.54) is 0 Å². The third kappa shape index (κ3) is 4.68. The van der Waals surface area contributed by atoms with Crippen LogP contribution in [0, 0.1) is 0 Å². The summed E-state index contributed by atoms with van der Waals surface area (Å²) in [7, 11) is 0. The molecule has 0 aromatic heterocycles. The van der Waals surface area contributed by atoms with Crippen LogP contribution in [-0.4, -0.2) is 22.6 Å². The summed E-state index contributed by atoms with van der Waals surface area (Å²) in [6, 6.07) is 5.19. The number of anilines is 1. The van der Waals surface area contributed by atoms with Gasteiger partial charge in [-0.2, -0.15) is 0 Å². The zero-order valence-electron chi connectivity index (χ0n) is 11.5. The number of azide groups is 1. The van der Waals surface area contributed by atoms with E-state index in [0.29, 0.717) is 34.7 Å². The molecule has 1 aliphatic rings. The van der Waals surface area contributed by atoms with E-state index in [1.807, 2.05) is 6.07 Å². The molecule has 0 unspecified atom stereocenters. The van der Waals surface area contributed by atoms with Crippen molar-refractivity contribution in [2.24, 2.45) is 5.11 Å². The number of nitrogens with one attached hydrogen (secondary N) is 1. The van der Waals surface area contributed by atoms with Crippen LogP contribution >= 0.6 is 0 Å². The number of ether oxygens (including phenoxy) is 1. The van der Waals surface area contributed by atoms with Crippen LogP contribution < -0.4 is 5.32 Å². The van der Waals surface area contributed by atoms with Crippen LogP contribution in [-0.2, 0) is 35.3 Å².